The average Bonchev–Trinajstić information content (AvgIpc) is 3.86. The van der Waals surface area contributed by atoms with Gasteiger partial charge in [-0.05, 0) is 41.3 Å². The number of furan rings is 2. The molecule has 11 aromatic rings. The first-order chi connectivity index (χ1) is 24.3. The van der Waals surface area contributed by atoms with Crippen molar-refractivity contribution in [1.82, 2.24) is 9.97 Å². The van der Waals surface area contributed by atoms with Crippen LogP contribution >= 0.6 is 11.3 Å². The van der Waals surface area contributed by atoms with Gasteiger partial charge in [0.1, 0.15) is 28.0 Å². The normalized spacial score (nSPS) is 12.1. The van der Waals surface area contributed by atoms with Gasteiger partial charge in [0, 0.05) is 58.4 Å². The van der Waals surface area contributed by atoms with E-state index in [0.29, 0.717) is 11.4 Å². The van der Waals surface area contributed by atoms with Crippen molar-refractivity contribution >= 4 is 86.3 Å². The molecule has 0 bridgehead atoms. The van der Waals surface area contributed by atoms with Gasteiger partial charge in [-0.2, -0.15) is 0 Å². The molecule has 228 valence electrons. The van der Waals surface area contributed by atoms with Crippen LogP contribution in [0.15, 0.2) is 154 Å². The number of hydrogen-bond acceptors (Lipinski definition) is 5. The molecular formula is C44H24N2O2S. The fraction of sp³-hybridized carbons (Fsp3) is 0. The summed E-state index contributed by atoms with van der Waals surface area (Å²) in [7, 11) is 0. The Labute approximate surface area is 283 Å². The molecule has 0 aliphatic rings. The van der Waals surface area contributed by atoms with E-state index in [9.17, 15) is 0 Å². The Kier molecular flexibility index (Phi) is 5.51. The van der Waals surface area contributed by atoms with Crippen molar-refractivity contribution in [2.24, 2.45) is 0 Å². The zero-order chi connectivity index (χ0) is 32.1. The second-order valence-electron chi connectivity index (χ2n) is 12.4. The number of hydrogen-bond donors (Lipinski definition) is 0. The molecular weight excluding hydrogens is 621 g/mol. The molecule has 0 saturated carbocycles. The predicted molar refractivity (Wildman–Crippen MR) is 203 cm³/mol. The molecule has 0 N–H and O–H groups in total. The summed E-state index contributed by atoms with van der Waals surface area (Å²) >= 11 is 1.80. The summed E-state index contributed by atoms with van der Waals surface area (Å²) in [5.41, 5.74) is 8.95. The van der Waals surface area contributed by atoms with Crippen LogP contribution in [-0.2, 0) is 0 Å². The summed E-state index contributed by atoms with van der Waals surface area (Å²) in [6.45, 7) is 0. The largest absolute Gasteiger partial charge is 0.455 e. The maximum Gasteiger partial charge on any atom is 0.180 e. The van der Waals surface area contributed by atoms with Crippen LogP contribution < -0.4 is 0 Å². The van der Waals surface area contributed by atoms with E-state index < -0.39 is 0 Å². The molecule has 0 aliphatic heterocycles. The zero-order valence-corrected chi connectivity index (χ0v) is 26.8. The Morgan fingerprint density at radius 3 is 2.00 bits per heavy atom. The van der Waals surface area contributed by atoms with Crippen LogP contribution in [0.4, 0.5) is 0 Å². The summed E-state index contributed by atoms with van der Waals surface area (Å²) in [6.07, 6.45) is 0. The quantitative estimate of drug-likeness (QED) is 0.192. The van der Waals surface area contributed by atoms with Gasteiger partial charge in [0.25, 0.3) is 0 Å². The van der Waals surface area contributed by atoms with Gasteiger partial charge in [-0.3, -0.25) is 0 Å². The number of thiophene rings is 1. The minimum Gasteiger partial charge on any atom is -0.455 e. The molecule has 0 spiro atoms. The van der Waals surface area contributed by atoms with Crippen LogP contribution in [-0.4, -0.2) is 9.97 Å². The van der Waals surface area contributed by atoms with Crippen LogP contribution in [0.5, 0.6) is 0 Å². The van der Waals surface area contributed by atoms with Gasteiger partial charge in [-0.25, -0.2) is 9.97 Å². The van der Waals surface area contributed by atoms with Crippen LogP contribution in [0.1, 0.15) is 0 Å². The van der Waals surface area contributed by atoms with Crippen molar-refractivity contribution in [2.75, 3.05) is 0 Å². The molecule has 0 aliphatic carbocycles. The molecule has 4 nitrogen and oxygen atoms in total. The number of para-hydroxylation sites is 2. The lowest BCUT2D eigenvalue weighted by atomic mass is 9.96. The van der Waals surface area contributed by atoms with Gasteiger partial charge in [-0.1, -0.05) is 115 Å². The maximum atomic E-state index is 6.80. The molecule has 7 aromatic carbocycles. The highest BCUT2D eigenvalue weighted by atomic mass is 32.1. The van der Waals surface area contributed by atoms with Gasteiger partial charge in [0.05, 0.1) is 0 Å². The monoisotopic (exact) mass is 644 g/mol. The van der Waals surface area contributed by atoms with Gasteiger partial charge in [0.2, 0.25) is 0 Å². The summed E-state index contributed by atoms with van der Waals surface area (Å²) in [6, 6.07) is 50.6. The van der Waals surface area contributed by atoms with E-state index in [-0.39, 0.29) is 0 Å². The Balaban J connectivity index is 1.27. The highest BCUT2D eigenvalue weighted by Crippen LogP contribution is 2.45. The van der Waals surface area contributed by atoms with E-state index >= 15 is 0 Å². The molecule has 0 atom stereocenters. The molecule has 0 unspecified atom stereocenters. The molecule has 49 heavy (non-hydrogen) atoms. The lowest BCUT2D eigenvalue weighted by Crippen LogP contribution is -1.95. The van der Waals surface area contributed by atoms with Crippen LogP contribution in [0.3, 0.4) is 0 Å². The van der Waals surface area contributed by atoms with Crippen LogP contribution in [0, 0.1) is 0 Å². The molecule has 5 heteroatoms. The van der Waals surface area contributed by atoms with Crippen molar-refractivity contribution in [1.29, 1.82) is 0 Å². The van der Waals surface area contributed by atoms with E-state index in [1.807, 2.05) is 24.3 Å². The third-order valence-corrected chi connectivity index (χ3v) is 10.8. The van der Waals surface area contributed by atoms with E-state index in [1.165, 1.54) is 20.2 Å². The van der Waals surface area contributed by atoms with Crippen LogP contribution in [0.25, 0.3) is 109 Å². The topological polar surface area (TPSA) is 52.1 Å². The molecule has 11 rings (SSSR count). The lowest BCUT2D eigenvalue weighted by molar-refractivity contribution is 0.667. The van der Waals surface area contributed by atoms with Gasteiger partial charge >= 0.3 is 0 Å². The SMILES string of the molecule is c1ccc(-c2cccc3c2oc2c4ccccc4c(-c4nc(-c5cccc6sc7ccccc7c56)nc5c4oc4ccccc45)cc32)cc1. The summed E-state index contributed by atoms with van der Waals surface area (Å²) in [5.74, 6) is 0.677. The first-order valence-electron chi connectivity index (χ1n) is 16.3. The smallest absolute Gasteiger partial charge is 0.180 e. The standard InChI is InChI=1S/C44H24N2O2S/c1-2-12-25(13-3-1)26-18-10-19-29-34-24-33(27-14-4-5-15-28(27)42(34)48-41(26)29)40-43-39(30-16-6-8-21-35(30)47-43)45-44(46-40)32-20-11-23-37-38(32)31-17-7-9-22-36(31)49-37/h1-24H. The van der Waals surface area contributed by atoms with Gasteiger partial charge in [0.15, 0.2) is 11.4 Å². The highest BCUT2D eigenvalue weighted by Gasteiger charge is 2.24. The minimum absolute atomic E-state index is 0.676. The number of rotatable bonds is 3. The van der Waals surface area contributed by atoms with Crippen LogP contribution in [0.2, 0.25) is 0 Å². The molecule has 4 heterocycles. The molecule has 0 amide bonds. The van der Waals surface area contributed by atoms with Crippen molar-refractivity contribution in [3.63, 3.8) is 0 Å². The van der Waals surface area contributed by atoms with Crippen molar-refractivity contribution < 1.29 is 8.83 Å². The van der Waals surface area contributed by atoms with Gasteiger partial charge in [-0.15, -0.1) is 11.3 Å². The average molecular weight is 645 g/mol. The summed E-state index contributed by atoms with van der Waals surface area (Å²) in [4.78, 5) is 10.7. The zero-order valence-electron chi connectivity index (χ0n) is 26.0. The second kappa shape index (κ2) is 10.1. The molecule has 4 aromatic heterocycles. The van der Waals surface area contributed by atoms with Crippen molar-refractivity contribution in [3.8, 4) is 33.8 Å². The second-order valence-corrected chi connectivity index (χ2v) is 13.5. The fourth-order valence-electron chi connectivity index (χ4n) is 7.52. The number of nitrogens with zero attached hydrogens (tertiary/aromatic N) is 2. The first kappa shape index (κ1) is 26.7. The first-order valence-corrected chi connectivity index (χ1v) is 17.1. The summed E-state index contributed by atoms with van der Waals surface area (Å²) in [5, 5.41) is 7.53. The van der Waals surface area contributed by atoms with Crippen molar-refractivity contribution in [3.05, 3.63) is 146 Å². The van der Waals surface area contributed by atoms with E-state index in [4.69, 9.17) is 18.8 Å². The molecule has 0 radical (unpaired) electrons. The Bertz CT molecular complexity index is 3110. The highest BCUT2D eigenvalue weighted by molar-refractivity contribution is 7.25. The van der Waals surface area contributed by atoms with E-state index in [2.05, 4.69) is 121 Å². The molecule has 0 saturated heterocycles. The third kappa shape index (κ3) is 3.85. The molecule has 0 fully saturated rings. The fourth-order valence-corrected chi connectivity index (χ4v) is 8.65. The van der Waals surface area contributed by atoms with E-state index in [0.717, 1.165) is 77.1 Å². The third-order valence-electron chi connectivity index (χ3n) is 9.71. The number of aromatic nitrogens is 2. The maximum absolute atomic E-state index is 6.80. The number of fused-ring (bicyclic) bond motifs is 11. The van der Waals surface area contributed by atoms with Crippen molar-refractivity contribution in [2.45, 2.75) is 0 Å². The van der Waals surface area contributed by atoms with E-state index in [1.54, 1.807) is 11.3 Å². The lowest BCUT2D eigenvalue weighted by Gasteiger charge is -2.11. The predicted octanol–water partition coefficient (Wildman–Crippen LogP) is 12.8. The Morgan fingerprint density at radius 2 is 1.10 bits per heavy atom. The van der Waals surface area contributed by atoms with Gasteiger partial charge < -0.3 is 8.83 Å². The summed E-state index contributed by atoms with van der Waals surface area (Å²) < 4.78 is 15.9. The Hall–Kier alpha value is -6.30. The Morgan fingerprint density at radius 1 is 0.429 bits per heavy atom. The minimum atomic E-state index is 0.676. The number of benzene rings is 7.